The van der Waals surface area contributed by atoms with Crippen LogP contribution in [0.15, 0.2) is 199 Å². The van der Waals surface area contributed by atoms with Gasteiger partial charge in [0.25, 0.3) is 0 Å². The number of allylic oxidation sites excluding steroid dienone is 14. The van der Waals surface area contributed by atoms with Gasteiger partial charge >= 0.3 is 0 Å². The number of nitrogens with one attached hydrogen (secondary N) is 1. The normalized spacial score (nSPS) is 15.3. The van der Waals surface area contributed by atoms with E-state index in [2.05, 4.69) is 121 Å². The van der Waals surface area contributed by atoms with Crippen molar-refractivity contribution in [2.24, 2.45) is 5.92 Å². The smallest absolute Gasteiger partial charge is 0.148 e. The summed E-state index contributed by atoms with van der Waals surface area (Å²) in [4.78, 5) is 0. The minimum Gasteiger partial charge on any atom is -0.505 e. The second kappa shape index (κ2) is 17.8. The molecule has 1 unspecified atom stereocenters. The van der Waals surface area contributed by atoms with Crippen molar-refractivity contribution in [3.05, 3.63) is 211 Å². The number of aromatic nitrogens is 1. The van der Waals surface area contributed by atoms with Crippen molar-refractivity contribution in [3.8, 4) is 22.6 Å². The Labute approximate surface area is 320 Å². The molecule has 1 atom stereocenters. The minimum atomic E-state index is 0.122. The molecule has 0 bridgehead atoms. The van der Waals surface area contributed by atoms with Crippen LogP contribution in [0.4, 0.5) is 11.4 Å². The summed E-state index contributed by atoms with van der Waals surface area (Å²) >= 11 is 0. The van der Waals surface area contributed by atoms with Gasteiger partial charge in [-0.05, 0) is 120 Å². The molecule has 4 N–H and O–H groups in total. The molecule has 2 aliphatic rings. The third-order valence-electron chi connectivity index (χ3n) is 9.64. The fraction of sp³-hybridized carbons (Fsp3) is 0.120. The lowest BCUT2D eigenvalue weighted by Crippen LogP contribution is -2.06. The van der Waals surface area contributed by atoms with E-state index in [4.69, 9.17) is 5.73 Å². The number of phenols is 1. The van der Waals surface area contributed by atoms with Crippen molar-refractivity contribution in [2.45, 2.75) is 33.1 Å². The van der Waals surface area contributed by atoms with Crippen molar-refractivity contribution in [1.82, 2.24) is 4.57 Å². The van der Waals surface area contributed by atoms with Crippen molar-refractivity contribution < 1.29 is 5.11 Å². The van der Waals surface area contributed by atoms with Crippen LogP contribution >= 0.6 is 0 Å². The van der Waals surface area contributed by atoms with Crippen LogP contribution in [0.3, 0.4) is 0 Å². The number of hydrogen-bond donors (Lipinski definition) is 3. The highest BCUT2D eigenvalue weighted by molar-refractivity contribution is 6.01. The molecule has 0 aliphatic heterocycles. The number of rotatable bonds is 10. The predicted molar refractivity (Wildman–Crippen MR) is 233 cm³/mol. The van der Waals surface area contributed by atoms with E-state index in [0.717, 1.165) is 69.0 Å². The van der Waals surface area contributed by atoms with E-state index in [1.807, 2.05) is 79.9 Å². The topological polar surface area (TPSA) is 63.2 Å². The van der Waals surface area contributed by atoms with Crippen LogP contribution in [0.5, 0.6) is 5.75 Å². The maximum Gasteiger partial charge on any atom is 0.148 e. The zero-order chi connectivity index (χ0) is 37.9. The van der Waals surface area contributed by atoms with Gasteiger partial charge in [-0.25, -0.2) is 0 Å². The molecule has 54 heavy (non-hydrogen) atoms. The number of nitrogens with zero attached hydrogens (tertiary/aromatic N) is 1. The molecule has 5 aromatic rings. The summed E-state index contributed by atoms with van der Waals surface area (Å²) in [6, 6.07) is 32.8. The molecule has 0 fully saturated rings. The highest BCUT2D eigenvalue weighted by atomic mass is 16.3. The monoisotopic (exact) mass is 707 g/mol. The molecule has 4 heteroatoms. The highest BCUT2D eigenvalue weighted by Crippen LogP contribution is 2.43. The van der Waals surface area contributed by atoms with E-state index >= 15 is 0 Å². The number of aromatic hydroxyl groups is 1. The van der Waals surface area contributed by atoms with E-state index < -0.39 is 0 Å². The SMILES string of the molecule is C=C(/C=C\C=C/Nc1ccc(-c2ccccc2)cc1)C(=C)/C=C(\C=C/C)C1=Cc2c(n(-c3ccccc3)c3ccc(N)c(O)c23)CC1.CC1C=CC=CC1. The zero-order valence-electron chi connectivity index (χ0n) is 31.3. The van der Waals surface area contributed by atoms with Gasteiger partial charge in [-0.3, -0.25) is 0 Å². The Morgan fingerprint density at radius 1 is 0.833 bits per heavy atom. The van der Waals surface area contributed by atoms with E-state index in [0.29, 0.717) is 5.69 Å². The molecule has 4 aromatic carbocycles. The van der Waals surface area contributed by atoms with Gasteiger partial charge in [0.05, 0.1) is 16.6 Å². The summed E-state index contributed by atoms with van der Waals surface area (Å²) in [5.41, 5.74) is 18.0. The van der Waals surface area contributed by atoms with E-state index in [9.17, 15) is 5.11 Å². The molecule has 7 rings (SSSR count). The first kappa shape index (κ1) is 37.2. The third kappa shape index (κ3) is 8.91. The van der Waals surface area contributed by atoms with Gasteiger partial charge in [0.15, 0.2) is 0 Å². The van der Waals surface area contributed by atoms with Gasteiger partial charge in [-0.2, -0.15) is 0 Å². The quantitative estimate of drug-likeness (QED) is 0.0769. The van der Waals surface area contributed by atoms with Crippen LogP contribution in [0.1, 0.15) is 37.9 Å². The molecule has 270 valence electrons. The number of benzene rings is 4. The summed E-state index contributed by atoms with van der Waals surface area (Å²) in [5, 5.41) is 15.2. The largest absolute Gasteiger partial charge is 0.505 e. The number of fused-ring (bicyclic) bond motifs is 3. The molecular formula is C50H49N3O. The Hall–Kier alpha value is -6.52. The average Bonchev–Trinajstić information content (AvgIpc) is 3.54. The van der Waals surface area contributed by atoms with E-state index in [1.54, 1.807) is 6.07 Å². The van der Waals surface area contributed by atoms with Crippen LogP contribution in [0, 0.1) is 5.92 Å². The third-order valence-corrected chi connectivity index (χ3v) is 9.64. The first-order valence-corrected chi connectivity index (χ1v) is 18.6. The van der Waals surface area contributed by atoms with E-state index in [-0.39, 0.29) is 5.75 Å². The van der Waals surface area contributed by atoms with Crippen LogP contribution in [-0.4, -0.2) is 9.67 Å². The summed E-state index contributed by atoms with van der Waals surface area (Å²) < 4.78 is 2.24. The number of nitrogens with two attached hydrogens (primary N) is 1. The Morgan fingerprint density at radius 3 is 2.22 bits per heavy atom. The minimum absolute atomic E-state index is 0.122. The molecule has 1 heterocycles. The van der Waals surface area contributed by atoms with Crippen molar-refractivity contribution in [2.75, 3.05) is 11.1 Å². The van der Waals surface area contributed by atoms with Crippen LogP contribution in [0.2, 0.25) is 0 Å². The molecule has 0 amide bonds. The van der Waals surface area contributed by atoms with Gasteiger partial charge in [-0.15, -0.1) is 0 Å². The number of phenolic OH excluding ortho intramolecular Hbond substituents is 1. The summed E-state index contributed by atoms with van der Waals surface area (Å²) in [7, 11) is 0. The van der Waals surface area contributed by atoms with Gasteiger partial charge < -0.3 is 20.7 Å². The molecule has 0 radical (unpaired) electrons. The number of hydrogen-bond acceptors (Lipinski definition) is 3. The number of para-hydroxylation sites is 1. The van der Waals surface area contributed by atoms with Gasteiger partial charge in [0.1, 0.15) is 5.75 Å². The molecule has 0 saturated carbocycles. The Bertz CT molecular complexity index is 2330. The van der Waals surface area contributed by atoms with Gasteiger partial charge in [0, 0.05) is 28.8 Å². The summed E-state index contributed by atoms with van der Waals surface area (Å²) in [6.07, 6.45) is 27.7. The van der Waals surface area contributed by atoms with Crippen molar-refractivity contribution >= 4 is 28.4 Å². The van der Waals surface area contributed by atoms with Crippen molar-refractivity contribution in [3.63, 3.8) is 0 Å². The lowest BCUT2D eigenvalue weighted by molar-refractivity contribution is 0.484. The highest BCUT2D eigenvalue weighted by Gasteiger charge is 2.24. The average molecular weight is 708 g/mol. The van der Waals surface area contributed by atoms with Gasteiger partial charge in [-0.1, -0.05) is 129 Å². The zero-order valence-corrected chi connectivity index (χ0v) is 31.3. The van der Waals surface area contributed by atoms with Crippen LogP contribution in [0.25, 0.3) is 33.8 Å². The lowest BCUT2D eigenvalue weighted by atomic mass is 9.89. The molecule has 2 aliphatic carbocycles. The fourth-order valence-corrected chi connectivity index (χ4v) is 6.74. The standard InChI is InChI=1S/C43H39N3O.C7H10/c1-4-13-34(28-31(3)30(2)14-11-12-27-45-36-22-19-33(20-23-36)32-15-7-5-8-16-32)35-21-25-40-38(29-35)42-41(26-24-39(44)43(42)47)46(40)37-17-9-6-10-18-37;1-7-5-3-2-4-6-7/h4-20,22-24,26-29,45,47H,2-3,21,25,44H2,1H3;2-5,7H,6H2,1H3/b13-4-,14-11-,27-12-,34-28+;. The molecule has 0 saturated heterocycles. The second-order valence-corrected chi connectivity index (χ2v) is 13.6. The number of anilines is 2. The maximum absolute atomic E-state index is 11.1. The first-order chi connectivity index (χ1) is 26.3. The second-order valence-electron chi connectivity index (χ2n) is 13.6. The van der Waals surface area contributed by atoms with Crippen LogP contribution < -0.4 is 11.1 Å². The van der Waals surface area contributed by atoms with Crippen molar-refractivity contribution in [1.29, 1.82) is 0 Å². The van der Waals surface area contributed by atoms with Gasteiger partial charge in [0.2, 0.25) is 0 Å². The predicted octanol–water partition coefficient (Wildman–Crippen LogP) is 12.9. The molecule has 0 spiro atoms. The summed E-state index contributed by atoms with van der Waals surface area (Å²) in [6.45, 7) is 12.8. The fourth-order valence-electron chi connectivity index (χ4n) is 6.74. The number of nitrogen functional groups attached to an aromatic ring is 1. The Balaban J connectivity index is 0.000000639. The molecular weight excluding hydrogens is 659 g/mol. The maximum atomic E-state index is 11.1. The Kier molecular flexibility index (Phi) is 12.3. The molecule has 4 nitrogen and oxygen atoms in total. The first-order valence-electron chi connectivity index (χ1n) is 18.6. The van der Waals surface area contributed by atoms with Crippen LogP contribution in [-0.2, 0) is 6.42 Å². The Morgan fingerprint density at radius 2 is 1.56 bits per heavy atom. The molecule has 1 aromatic heterocycles. The van der Waals surface area contributed by atoms with E-state index in [1.165, 1.54) is 23.1 Å². The lowest BCUT2D eigenvalue weighted by Gasteiger charge is -2.18. The summed E-state index contributed by atoms with van der Waals surface area (Å²) in [5.74, 6) is 0.891.